The van der Waals surface area contributed by atoms with E-state index in [1.165, 1.54) is 0 Å². The third kappa shape index (κ3) is 5.97. The maximum Gasteiger partial charge on any atom is 0.429 e. The topological polar surface area (TPSA) is 76.1 Å². The van der Waals surface area contributed by atoms with E-state index in [-0.39, 0.29) is 12.0 Å². The van der Waals surface area contributed by atoms with E-state index in [0.717, 1.165) is 29.2 Å². The molecule has 0 aliphatic carbocycles. The average Bonchev–Trinajstić information content (AvgIpc) is 3.03. The van der Waals surface area contributed by atoms with Gasteiger partial charge in [0, 0.05) is 12.0 Å². The van der Waals surface area contributed by atoms with Crippen molar-refractivity contribution in [3.8, 4) is 0 Å². The minimum Gasteiger partial charge on any atom is -0.458 e. The lowest BCUT2D eigenvalue weighted by Gasteiger charge is -2.29. The highest BCUT2D eigenvalue weighted by Crippen LogP contribution is 2.44. The molecule has 1 aromatic rings. The first kappa shape index (κ1) is 27.8. The molecule has 0 saturated carbocycles. The SMILES string of the molecule is CC(C)(C)OC(=O)[C@@H]1CC(O)(c2ccc(C(F)(CF)C(F)(F)F)cc2)CN1C(=O)OC(C)(C)C. The van der Waals surface area contributed by atoms with E-state index in [2.05, 4.69) is 0 Å². The van der Waals surface area contributed by atoms with Gasteiger partial charge in [-0.05, 0) is 47.1 Å². The van der Waals surface area contributed by atoms with Crippen molar-refractivity contribution < 1.29 is 46.1 Å². The molecule has 1 amide bonds. The Labute approximate surface area is 195 Å². The van der Waals surface area contributed by atoms with Gasteiger partial charge in [0.1, 0.15) is 29.5 Å². The van der Waals surface area contributed by atoms with Crippen LogP contribution in [0.1, 0.15) is 59.1 Å². The fourth-order valence-electron chi connectivity index (χ4n) is 3.55. The molecule has 1 fully saturated rings. The lowest BCUT2D eigenvalue weighted by molar-refractivity contribution is -0.240. The number of likely N-dealkylation sites (tertiary alicyclic amines) is 1. The summed E-state index contributed by atoms with van der Waals surface area (Å²) >= 11 is 0. The predicted octanol–water partition coefficient (Wildman–Crippen LogP) is 4.92. The molecule has 1 aliphatic rings. The fourth-order valence-corrected chi connectivity index (χ4v) is 3.55. The van der Waals surface area contributed by atoms with Gasteiger partial charge in [0.25, 0.3) is 5.67 Å². The Bertz CT molecular complexity index is 868. The molecule has 192 valence electrons. The van der Waals surface area contributed by atoms with Crippen molar-refractivity contribution in [1.82, 2.24) is 4.90 Å². The van der Waals surface area contributed by atoms with Gasteiger partial charge in [-0.3, -0.25) is 4.90 Å². The smallest absolute Gasteiger partial charge is 0.429 e. The van der Waals surface area contributed by atoms with Crippen LogP contribution in [0.15, 0.2) is 24.3 Å². The van der Waals surface area contributed by atoms with Crippen molar-refractivity contribution in [2.24, 2.45) is 0 Å². The normalized spacial score (nSPS) is 23.4. The Morgan fingerprint density at radius 2 is 1.50 bits per heavy atom. The molecule has 1 heterocycles. The standard InChI is InChI=1S/C23H30F5NO5/c1-19(2,3)33-17(30)16-11-21(32,13-29(16)18(31)34-20(4,5)6)14-7-9-15(10-8-14)22(25,12-24)23(26,27)28/h7-10,16,32H,11-13H2,1-6H3/t16-,21?,22?/m0/s1. The lowest BCUT2D eigenvalue weighted by atomic mass is 9.88. The van der Waals surface area contributed by atoms with E-state index < -0.39 is 65.5 Å². The Balaban J connectivity index is 2.41. The summed E-state index contributed by atoms with van der Waals surface area (Å²) in [7, 11) is 0. The molecule has 0 bridgehead atoms. The fraction of sp³-hybridized carbons (Fsp3) is 0.652. The van der Waals surface area contributed by atoms with Crippen LogP contribution in [-0.4, -0.2) is 58.7 Å². The van der Waals surface area contributed by atoms with Gasteiger partial charge in [0.15, 0.2) is 0 Å². The van der Waals surface area contributed by atoms with Crippen LogP contribution in [0.4, 0.5) is 26.7 Å². The van der Waals surface area contributed by atoms with E-state index in [1.54, 1.807) is 41.5 Å². The molecule has 2 rings (SSSR count). The number of hydrogen-bond donors (Lipinski definition) is 1. The van der Waals surface area contributed by atoms with Gasteiger partial charge in [-0.25, -0.2) is 18.4 Å². The molecular weight excluding hydrogens is 465 g/mol. The minimum atomic E-state index is -5.48. The van der Waals surface area contributed by atoms with Crippen LogP contribution >= 0.6 is 0 Å². The number of amides is 1. The van der Waals surface area contributed by atoms with Gasteiger partial charge in [-0.2, -0.15) is 13.2 Å². The number of ether oxygens (including phenoxy) is 2. The number of β-amino-alcohol motifs (C(OH)–C–C–N with tert-alkyl or cyclic N) is 1. The second kappa shape index (κ2) is 8.98. The highest BCUT2D eigenvalue weighted by atomic mass is 19.4. The monoisotopic (exact) mass is 495 g/mol. The zero-order valence-corrected chi connectivity index (χ0v) is 19.9. The molecule has 6 nitrogen and oxygen atoms in total. The number of carbonyl (C=O) groups is 2. The van der Waals surface area contributed by atoms with Crippen molar-refractivity contribution in [2.75, 3.05) is 13.2 Å². The summed E-state index contributed by atoms with van der Waals surface area (Å²) in [5.41, 5.74) is -8.85. The minimum absolute atomic E-state index is 0.0132. The number of hydrogen-bond acceptors (Lipinski definition) is 5. The van der Waals surface area contributed by atoms with Crippen molar-refractivity contribution in [2.45, 2.75) is 82.7 Å². The highest BCUT2D eigenvalue weighted by Gasteiger charge is 2.58. The van der Waals surface area contributed by atoms with Gasteiger partial charge in [-0.1, -0.05) is 24.3 Å². The summed E-state index contributed by atoms with van der Waals surface area (Å²) in [6.45, 7) is 6.96. The van der Waals surface area contributed by atoms with Gasteiger partial charge < -0.3 is 14.6 Å². The van der Waals surface area contributed by atoms with Crippen LogP contribution in [0, 0.1) is 0 Å². The number of esters is 1. The maximum atomic E-state index is 14.3. The van der Waals surface area contributed by atoms with Crippen molar-refractivity contribution in [3.05, 3.63) is 35.4 Å². The molecule has 11 heteroatoms. The molecule has 2 unspecified atom stereocenters. The van der Waals surface area contributed by atoms with Crippen molar-refractivity contribution >= 4 is 12.1 Å². The van der Waals surface area contributed by atoms with Crippen LogP contribution < -0.4 is 0 Å². The van der Waals surface area contributed by atoms with Gasteiger partial charge in [0.05, 0.1) is 6.54 Å². The second-order valence-corrected chi connectivity index (χ2v) is 10.4. The summed E-state index contributed by atoms with van der Waals surface area (Å²) < 4.78 is 77.1. The number of aliphatic hydroxyl groups is 1. The highest BCUT2D eigenvalue weighted by molar-refractivity contribution is 5.83. The number of nitrogens with zero attached hydrogens (tertiary/aromatic N) is 1. The molecule has 1 saturated heterocycles. The first-order valence-electron chi connectivity index (χ1n) is 10.6. The summed E-state index contributed by atoms with van der Waals surface area (Å²) in [4.78, 5) is 26.6. The number of benzene rings is 1. The Hall–Kier alpha value is -2.43. The maximum absolute atomic E-state index is 14.3. The molecule has 0 spiro atoms. The lowest BCUT2D eigenvalue weighted by Crippen LogP contribution is -2.45. The van der Waals surface area contributed by atoms with E-state index in [0.29, 0.717) is 0 Å². The van der Waals surface area contributed by atoms with Crippen molar-refractivity contribution in [1.29, 1.82) is 0 Å². The second-order valence-electron chi connectivity index (χ2n) is 10.4. The van der Waals surface area contributed by atoms with E-state index in [1.807, 2.05) is 0 Å². The zero-order valence-electron chi connectivity index (χ0n) is 19.9. The summed E-state index contributed by atoms with van der Waals surface area (Å²) in [5, 5.41) is 11.3. The number of halogens is 5. The Morgan fingerprint density at radius 1 is 1.00 bits per heavy atom. The Morgan fingerprint density at radius 3 is 1.91 bits per heavy atom. The van der Waals surface area contributed by atoms with Gasteiger partial charge in [0.2, 0.25) is 0 Å². The molecule has 0 radical (unpaired) electrons. The number of alkyl halides is 5. The third-order valence-corrected chi connectivity index (χ3v) is 5.16. The molecule has 3 atom stereocenters. The van der Waals surface area contributed by atoms with Gasteiger partial charge in [-0.15, -0.1) is 0 Å². The largest absolute Gasteiger partial charge is 0.458 e. The van der Waals surface area contributed by atoms with Crippen molar-refractivity contribution in [3.63, 3.8) is 0 Å². The first-order chi connectivity index (χ1) is 15.2. The van der Waals surface area contributed by atoms with E-state index in [4.69, 9.17) is 9.47 Å². The van der Waals surface area contributed by atoms with Gasteiger partial charge >= 0.3 is 18.2 Å². The average molecular weight is 495 g/mol. The van der Waals surface area contributed by atoms with Crippen LogP contribution in [0.25, 0.3) is 0 Å². The molecule has 1 N–H and O–H groups in total. The summed E-state index contributed by atoms with van der Waals surface area (Å²) in [6, 6.07) is 2.21. The predicted molar refractivity (Wildman–Crippen MR) is 112 cm³/mol. The van der Waals surface area contributed by atoms with Crippen LogP contribution in [0.5, 0.6) is 0 Å². The van der Waals surface area contributed by atoms with Crippen LogP contribution in [0.2, 0.25) is 0 Å². The molecule has 1 aromatic carbocycles. The summed E-state index contributed by atoms with van der Waals surface area (Å²) in [6.07, 6.45) is -6.72. The van der Waals surface area contributed by atoms with E-state index in [9.17, 15) is 36.6 Å². The molecule has 0 aromatic heterocycles. The Kier molecular flexibility index (Phi) is 7.34. The third-order valence-electron chi connectivity index (χ3n) is 5.16. The molecule has 1 aliphatic heterocycles. The first-order valence-corrected chi connectivity index (χ1v) is 10.6. The van der Waals surface area contributed by atoms with E-state index >= 15 is 0 Å². The van der Waals surface area contributed by atoms with Crippen LogP contribution in [0.3, 0.4) is 0 Å². The zero-order chi connectivity index (χ0) is 26.3. The number of carbonyl (C=O) groups excluding carboxylic acids is 2. The summed E-state index contributed by atoms with van der Waals surface area (Å²) in [5.74, 6) is -0.803. The van der Waals surface area contributed by atoms with Crippen LogP contribution in [-0.2, 0) is 25.5 Å². The molecular formula is C23H30F5NO5. The number of rotatable bonds is 4. The molecule has 34 heavy (non-hydrogen) atoms. The quantitative estimate of drug-likeness (QED) is 0.474.